The Morgan fingerprint density at radius 2 is 2.24 bits per heavy atom. The Morgan fingerprint density at radius 3 is 2.80 bits per heavy atom. The summed E-state index contributed by atoms with van der Waals surface area (Å²) in [5.74, 6) is -0.00936. The van der Waals surface area contributed by atoms with Crippen LogP contribution in [0.2, 0.25) is 0 Å². The Kier molecular flexibility index (Phi) is 4.76. The summed E-state index contributed by atoms with van der Waals surface area (Å²) in [6.07, 6.45) is 0.385. The number of ether oxygens (including phenoxy) is 1. The van der Waals surface area contributed by atoms with Crippen LogP contribution in [0.15, 0.2) is 18.2 Å². The zero-order valence-corrected chi connectivity index (χ0v) is 14.5. The van der Waals surface area contributed by atoms with Gasteiger partial charge in [0, 0.05) is 24.4 Å². The fraction of sp³-hybridized carbons (Fsp3) is 0.438. The maximum absolute atomic E-state index is 12.6. The van der Waals surface area contributed by atoms with Gasteiger partial charge in [0.05, 0.1) is 12.8 Å². The van der Waals surface area contributed by atoms with Gasteiger partial charge in [-0.3, -0.25) is 9.69 Å². The van der Waals surface area contributed by atoms with E-state index in [0.717, 1.165) is 0 Å². The van der Waals surface area contributed by atoms with E-state index in [-0.39, 0.29) is 11.6 Å². The molecule has 3 rings (SSSR count). The van der Waals surface area contributed by atoms with Crippen LogP contribution >= 0.6 is 11.8 Å². The number of thioether (sulfide) groups is 1. The second-order valence-electron chi connectivity index (χ2n) is 5.91. The number of rotatable bonds is 5. The number of carbonyl (C=O) groups excluding carboxylic acids is 2. The summed E-state index contributed by atoms with van der Waals surface area (Å²) in [6.45, 7) is 0.980. The van der Waals surface area contributed by atoms with E-state index in [4.69, 9.17) is 4.74 Å². The highest BCUT2D eigenvalue weighted by molar-refractivity contribution is 7.99. The maximum Gasteiger partial charge on any atom is 0.330 e. The van der Waals surface area contributed by atoms with Gasteiger partial charge in [-0.2, -0.15) is 11.8 Å². The van der Waals surface area contributed by atoms with Gasteiger partial charge in [-0.25, -0.2) is 9.59 Å². The first kappa shape index (κ1) is 17.4. The van der Waals surface area contributed by atoms with Crippen LogP contribution in [0, 0.1) is 0 Å². The van der Waals surface area contributed by atoms with Crippen LogP contribution in [0.3, 0.4) is 0 Å². The van der Waals surface area contributed by atoms with Crippen LogP contribution < -0.4 is 20.3 Å². The van der Waals surface area contributed by atoms with Crippen molar-refractivity contribution in [2.24, 2.45) is 0 Å². The maximum atomic E-state index is 12.6. The van der Waals surface area contributed by atoms with Crippen molar-refractivity contribution in [2.45, 2.75) is 12.0 Å². The fourth-order valence-electron chi connectivity index (χ4n) is 2.92. The lowest BCUT2D eigenvalue weighted by Crippen LogP contribution is -2.54. The van der Waals surface area contributed by atoms with Gasteiger partial charge in [0.15, 0.2) is 0 Å². The SMILES string of the molecule is COc1ccc(C(=O)NC2(C(=O)O)CCSC2)cc1N1CCNC1=O. The van der Waals surface area contributed by atoms with Gasteiger partial charge in [-0.05, 0) is 30.4 Å². The summed E-state index contributed by atoms with van der Waals surface area (Å²) in [4.78, 5) is 37.6. The molecule has 2 fully saturated rings. The van der Waals surface area contributed by atoms with Crippen molar-refractivity contribution in [2.75, 3.05) is 36.6 Å². The number of amides is 3. The van der Waals surface area contributed by atoms with Crippen molar-refractivity contribution < 1.29 is 24.2 Å². The molecule has 3 N–H and O–H groups in total. The highest BCUT2D eigenvalue weighted by Crippen LogP contribution is 2.32. The molecule has 25 heavy (non-hydrogen) atoms. The molecule has 0 saturated carbocycles. The number of hydrogen-bond acceptors (Lipinski definition) is 5. The first-order valence-electron chi connectivity index (χ1n) is 7.84. The van der Waals surface area contributed by atoms with Gasteiger partial charge >= 0.3 is 12.0 Å². The molecule has 0 radical (unpaired) electrons. The molecule has 2 heterocycles. The van der Waals surface area contributed by atoms with Crippen LogP contribution in [-0.2, 0) is 4.79 Å². The molecule has 2 aliphatic heterocycles. The van der Waals surface area contributed by atoms with Crippen molar-refractivity contribution in [3.8, 4) is 5.75 Å². The smallest absolute Gasteiger partial charge is 0.330 e. The lowest BCUT2D eigenvalue weighted by Gasteiger charge is -2.25. The predicted molar refractivity (Wildman–Crippen MR) is 93.5 cm³/mol. The molecule has 134 valence electrons. The normalized spacial score (nSPS) is 22.6. The molecule has 9 heteroatoms. The first-order valence-corrected chi connectivity index (χ1v) is 8.99. The molecular formula is C16H19N3O5S. The summed E-state index contributed by atoms with van der Waals surface area (Å²) < 4.78 is 5.28. The molecule has 0 aliphatic carbocycles. The van der Waals surface area contributed by atoms with E-state index in [1.165, 1.54) is 23.8 Å². The zero-order chi connectivity index (χ0) is 18.0. The number of hydrogen-bond donors (Lipinski definition) is 3. The summed E-state index contributed by atoms with van der Waals surface area (Å²) in [5, 5.41) is 14.8. The molecule has 2 saturated heterocycles. The van der Waals surface area contributed by atoms with E-state index in [1.807, 2.05) is 0 Å². The highest BCUT2D eigenvalue weighted by Gasteiger charge is 2.43. The summed E-state index contributed by atoms with van der Waals surface area (Å²) in [6, 6.07) is 4.46. The molecule has 1 atom stereocenters. The molecule has 0 bridgehead atoms. The third-order valence-electron chi connectivity index (χ3n) is 4.37. The Morgan fingerprint density at radius 1 is 1.44 bits per heavy atom. The number of anilines is 1. The second-order valence-corrected chi connectivity index (χ2v) is 7.02. The Hall–Kier alpha value is -2.42. The van der Waals surface area contributed by atoms with E-state index >= 15 is 0 Å². The molecule has 0 spiro atoms. The predicted octanol–water partition coefficient (Wildman–Crippen LogP) is 0.915. The molecule has 8 nitrogen and oxygen atoms in total. The highest BCUT2D eigenvalue weighted by atomic mass is 32.2. The van der Waals surface area contributed by atoms with Crippen LogP contribution in [0.25, 0.3) is 0 Å². The average molecular weight is 365 g/mol. The summed E-state index contributed by atoms with van der Waals surface area (Å²) in [7, 11) is 1.49. The van der Waals surface area contributed by atoms with Gasteiger partial charge in [0.2, 0.25) is 0 Å². The number of aliphatic carboxylic acids is 1. The monoisotopic (exact) mass is 365 g/mol. The van der Waals surface area contributed by atoms with Crippen LogP contribution in [0.4, 0.5) is 10.5 Å². The van der Waals surface area contributed by atoms with Gasteiger partial charge in [0.25, 0.3) is 5.91 Å². The minimum Gasteiger partial charge on any atom is -0.495 e. The van der Waals surface area contributed by atoms with Crippen molar-refractivity contribution in [1.82, 2.24) is 10.6 Å². The molecule has 1 aromatic rings. The topological polar surface area (TPSA) is 108 Å². The quantitative estimate of drug-likeness (QED) is 0.716. The minimum absolute atomic E-state index is 0.259. The largest absolute Gasteiger partial charge is 0.495 e. The van der Waals surface area contributed by atoms with Crippen LogP contribution in [0.5, 0.6) is 5.75 Å². The Balaban J connectivity index is 1.88. The van der Waals surface area contributed by atoms with Crippen molar-refractivity contribution in [3.63, 3.8) is 0 Å². The lowest BCUT2D eigenvalue weighted by molar-refractivity contribution is -0.143. The average Bonchev–Trinajstić information content (AvgIpc) is 3.24. The van der Waals surface area contributed by atoms with E-state index in [2.05, 4.69) is 10.6 Å². The number of nitrogens with zero attached hydrogens (tertiary/aromatic N) is 1. The lowest BCUT2D eigenvalue weighted by atomic mass is 9.98. The first-order chi connectivity index (χ1) is 12.0. The minimum atomic E-state index is -1.24. The molecule has 1 unspecified atom stereocenters. The second kappa shape index (κ2) is 6.83. The Bertz CT molecular complexity index is 718. The van der Waals surface area contributed by atoms with E-state index < -0.39 is 17.4 Å². The Labute approximate surface area is 148 Å². The number of carboxylic acid groups (broad SMARTS) is 1. The summed E-state index contributed by atoms with van der Waals surface area (Å²) in [5.41, 5.74) is -0.476. The van der Waals surface area contributed by atoms with Crippen LogP contribution in [0.1, 0.15) is 16.8 Å². The number of nitrogens with one attached hydrogen (secondary N) is 2. The van der Waals surface area contributed by atoms with Crippen LogP contribution in [-0.4, -0.2) is 60.3 Å². The van der Waals surface area contributed by atoms with Gasteiger partial charge in [0.1, 0.15) is 11.3 Å². The van der Waals surface area contributed by atoms with E-state index in [1.54, 1.807) is 18.2 Å². The zero-order valence-electron chi connectivity index (χ0n) is 13.7. The number of carbonyl (C=O) groups is 3. The van der Waals surface area contributed by atoms with E-state index in [0.29, 0.717) is 42.5 Å². The van der Waals surface area contributed by atoms with Crippen molar-refractivity contribution in [1.29, 1.82) is 0 Å². The molecule has 3 amide bonds. The fourth-order valence-corrected chi connectivity index (χ4v) is 4.24. The molecule has 0 aromatic heterocycles. The third kappa shape index (κ3) is 3.23. The van der Waals surface area contributed by atoms with Gasteiger partial charge < -0.3 is 20.5 Å². The summed E-state index contributed by atoms with van der Waals surface area (Å²) >= 11 is 1.50. The number of carboxylic acids is 1. The molecule has 2 aliphatic rings. The van der Waals surface area contributed by atoms with Crippen molar-refractivity contribution in [3.05, 3.63) is 23.8 Å². The number of methoxy groups -OCH3 is 1. The van der Waals surface area contributed by atoms with Crippen molar-refractivity contribution >= 4 is 35.4 Å². The van der Waals surface area contributed by atoms with Gasteiger partial charge in [-0.1, -0.05) is 0 Å². The third-order valence-corrected chi connectivity index (χ3v) is 5.56. The number of benzene rings is 1. The molecule has 1 aromatic carbocycles. The van der Waals surface area contributed by atoms with E-state index in [9.17, 15) is 19.5 Å². The number of urea groups is 1. The standard InChI is InChI=1S/C16H19N3O5S/c1-24-12-3-2-10(8-11(12)19-6-5-17-15(19)23)13(20)18-16(14(21)22)4-7-25-9-16/h2-3,8H,4-7,9H2,1H3,(H,17,23)(H,18,20)(H,21,22). The van der Waals surface area contributed by atoms with Gasteiger partial charge in [-0.15, -0.1) is 0 Å². The molecular weight excluding hydrogens is 346 g/mol.